The van der Waals surface area contributed by atoms with Crippen LogP contribution in [0, 0.1) is 5.92 Å². The lowest BCUT2D eigenvalue weighted by atomic mass is 9.97. The molecule has 0 spiro atoms. The van der Waals surface area contributed by atoms with Crippen molar-refractivity contribution in [3.63, 3.8) is 0 Å². The molecule has 2 atom stereocenters. The second kappa shape index (κ2) is 7.00. The number of hydrogen-bond acceptors (Lipinski definition) is 4. The number of fused-ring (bicyclic) bond motifs is 1. The van der Waals surface area contributed by atoms with Crippen LogP contribution in [-0.4, -0.2) is 60.0 Å². The zero-order valence-electron chi connectivity index (χ0n) is 14.7. The Morgan fingerprint density at radius 1 is 1.12 bits per heavy atom. The fourth-order valence-corrected chi connectivity index (χ4v) is 3.93. The maximum absolute atomic E-state index is 12.7. The minimum atomic E-state index is 0.0407. The first-order valence-corrected chi connectivity index (χ1v) is 9.19. The first-order chi connectivity index (χ1) is 12.2. The molecule has 2 fully saturated rings. The molecule has 1 aromatic heterocycles. The van der Waals surface area contributed by atoms with Crippen LogP contribution in [0.5, 0.6) is 5.88 Å². The number of para-hydroxylation sites is 1. The Labute approximate surface area is 148 Å². The Kier molecular flexibility index (Phi) is 4.57. The van der Waals surface area contributed by atoms with Crippen LogP contribution in [0.25, 0.3) is 10.9 Å². The molecule has 0 N–H and O–H groups in total. The van der Waals surface area contributed by atoms with E-state index < -0.39 is 0 Å². The maximum Gasteiger partial charge on any atom is 0.227 e. The Hall–Kier alpha value is -2.14. The number of benzene rings is 1. The van der Waals surface area contributed by atoms with Gasteiger partial charge in [0.05, 0.1) is 18.0 Å². The van der Waals surface area contributed by atoms with Crippen molar-refractivity contribution in [2.45, 2.75) is 25.4 Å². The van der Waals surface area contributed by atoms with Gasteiger partial charge in [0, 0.05) is 31.0 Å². The maximum atomic E-state index is 12.7. The number of aromatic nitrogens is 1. The van der Waals surface area contributed by atoms with Crippen molar-refractivity contribution in [3.8, 4) is 5.88 Å². The average Bonchev–Trinajstić information content (AvgIpc) is 3.09. The van der Waals surface area contributed by atoms with Gasteiger partial charge in [-0.05, 0) is 38.6 Å². The van der Waals surface area contributed by atoms with Crippen LogP contribution in [-0.2, 0) is 4.79 Å². The number of piperidine rings is 1. The number of carbonyl (C=O) groups excluding carboxylic acids is 1. The van der Waals surface area contributed by atoms with E-state index in [0.717, 1.165) is 49.8 Å². The minimum Gasteiger partial charge on any atom is -0.472 e. The first-order valence-electron chi connectivity index (χ1n) is 9.19. The van der Waals surface area contributed by atoms with Crippen LogP contribution in [0.2, 0.25) is 0 Å². The van der Waals surface area contributed by atoms with E-state index in [1.165, 1.54) is 0 Å². The molecule has 2 aliphatic rings. The summed E-state index contributed by atoms with van der Waals surface area (Å²) >= 11 is 0. The third kappa shape index (κ3) is 3.61. The van der Waals surface area contributed by atoms with Crippen molar-refractivity contribution in [3.05, 3.63) is 36.4 Å². The third-order valence-corrected chi connectivity index (χ3v) is 5.29. The number of ether oxygens (including phenoxy) is 1. The normalized spacial score (nSPS) is 24.6. The van der Waals surface area contributed by atoms with Gasteiger partial charge in [0.15, 0.2) is 0 Å². The number of nitrogens with zero attached hydrogens (tertiary/aromatic N) is 3. The molecule has 132 valence electrons. The highest BCUT2D eigenvalue weighted by molar-refractivity contribution is 5.80. The lowest BCUT2D eigenvalue weighted by Gasteiger charge is -2.31. The van der Waals surface area contributed by atoms with Gasteiger partial charge in [0.2, 0.25) is 11.8 Å². The SMILES string of the molecule is CN1CCCC(C(=O)N2CCC(Oc3ccc4ccccc4n3)C2)C1. The van der Waals surface area contributed by atoms with E-state index in [1.807, 2.05) is 41.3 Å². The number of rotatable bonds is 3. The van der Waals surface area contributed by atoms with Gasteiger partial charge in [0.1, 0.15) is 6.10 Å². The van der Waals surface area contributed by atoms with E-state index in [-0.39, 0.29) is 12.0 Å². The van der Waals surface area contributed by atoms with Crippen LogP contribution in [0.3, 0.4) is 0 Å². The van der Waals surface area contributed by atoms with Crippen molar-refractivity contribution in [2.24, 2.45) is 5.92 Å². The van der Waals surface area contributed by atoms with Gasteiger partial charge in [-0.2, -0.15) is 0 Å². The molecule has 3 heterocycles. The van der Waals surface area contributed by atoms with Crippen molar-refractivity contribution < 1.29 is 9.53 Å². The fourth-order valence-electron chi connectivity index (χ4n) is 3.93. The summed E-state index contributed by atoms with van der Waals surface area (Å²) in [7, 11) is 2.10. The number of hydrogen-bond donors (Lipinski definition) is 0. The summed E-state index contributed by atoms with van der Waals surface area (Å²) in [5, 5.41) is 1.11. The zero-order chi connectivity index (χ0) is 17.2. The Bertz CT molecular complexity index is 763. The van der Waals surface area contributed by atoms with Crippen LogP contribution >= 0.6 is 0 Å². The molecule has 5 heteroatoms. The number of likely N-dealkylation sites (tertiary alicyclic amines) is 2. The molecule has 2 aliphatic heterocycles. The molecule has 2 unspecified atom stereocenters. The molecule has 1 aromatic carbocycles. The number of carbonyl (C=O) groups is 1. The third-order valence-electron chi connectivity index (χ3n) is 5.29. The summed E-state index contributed by atoms with van der Waals surface area (Å²) < 4.78 is 6.06. The molecule has 0 bridgehead atoms. The average molecular weight is 339 g/mol. The monoisotopic (exact) mass is 339 g/mol. The van der Waals surface area contributed by atoms with Gasteiger partial charge in [-0.15, -0.1) is 0 Å². The minimum absolute atomic E-state index is 0.0407. The second-order valence-electron chi connectivity index (χ2n) is 7.26. The van der Waals surface area contributed by atoms with Crippen molar-refractivity contribution in [1.82, 2.24) is 14.8 Å². The molecular weight excluding hydrogens is 314 g/mol. The lowest BCUT2D eigenvalue weighted by Crippen LogP contribution is -2.43. The van der Waals surface area contributed by atoms with Gasteiger partial charge < -0.3 is 14.5 Å². The molecule has 5 nitrogen and oxygen atoms in total. The largest absolute Gasteiger partial charge is 0.472 e. The second-order valence-corrected chi connectivity index (χ2v) is 7.26. The van der Waals surface area contributed by atoms with Gasteiger partial charge in [-0.3, -0.25) is 4.79 Å². The van der Waals surface area contributed by atoms with E-state index in [0.29, 0.717) is 18.3 Å². The lowest BCUT2D eigenvalue weighted by molar-refractivity contribution is -0.136. The van der Waals surface area contributed by atoms with Gasteiger partial charge in [-0.25, -0.2) is 4.98 Å². The van der Waals surface area contributed by atoms with Crippen molar-refractivity contribution in [1.29, 1.82) is 0 Å². The number of amides is 1. The van der Waals surface area contributed by atoms with Crippen LogP contribution in [0.15, 0.2) is 36.4 Å². The highest BCUT2D eigenvalue weighted by Gasteiger charge is 2.33. The summed E-state index contributed by atoms with van der Waals surface area (Å²) in [5.74, 6) is 1.09. The summed E-state index contributed by atoms with van der Waals surface area (Å²) in [5.41, 5.74) is 0.941. The van der Waals surface area contributed by atoms with Gasteiger partial charge in [0.25, 0.3) is 0 Å². The topological polar surface area (TPSA) is 45.7 Å². The summed E-state index contributed by atoms with van der Waals surface area (Å²) in [6.07, 6.45) is 3.04. The highest BCUT2D eigenvalue weighted by atomic mass is 16.5. The molecule has 2 aromatic rings. The predicted molar refractivity (Wildman–Crippen MR) is 97.6 cm³/mol. The molecule has 25 heavy (non-hydrogen) atoms. The quantitative estimate of drug-likeness (QED) is 0.862. The van der Waals surface area contributed by atoms with Crippen molar-refractivity contribution >= 4 is 16.8 Å². The van der Waals surface area contributed by atoms with Crippen LogP contribution in [0.1, 0.15) is 19.3 Å². The Balaban J connectivity index is 1.37. The highest BCUT2D eigenvalue weighted by Crippen LogP contribution is 2.23. The van der Waals surface area contributed by atoms with E-state index >= 15 is 0 Å². The van der Waals surface area contributed by atoms with E-state index in [4.69, 9.17) is 4.74 Å². The summed E-state index contributed by atoms with van der Waals surface area (Å²) in [6, 6.07) is 12.0. The summed E-state index contributed by atoms with van der Waals surface area (Å²) in [4.78, 5) is 21.6. The first kappa shape index (κ1) is 16.3. The fraction of sp³-hybridized carbons (Fsp3) is 0.500. The molecule has 2 saturated heterocycles. The molecule has 0 aliphatic carbocycles. The van der Waals surface area contributed by atoms with Gasteiger partial charge >= 0.3 is 0 Å². The van der Waals surface area contributed by atoms with Crippen LogP contribution < -0.4 is 4.74 Å². The standard InChI is InChI=1S/C20H25N3O2/c1-22-11-4-6-16(13-22)20(24)23-12-10-17(14-23)25-19-9-8-15-5-2-3-7-18(15)21-19/h2-3,5,7-9,16-17H,4,6,10-14H2,1H3. The molecule has 4 rings (SSSR count). The Morgan fingerprint density at radius 2 is 2.00 bits per heavy atom. The van der Waals surface area contributed by atoms with Gasteiger partial charge in [-0.1, -0.05) is 18.2 Å². The van der Waals surface area contributed by atoms with E-state index in [1.54, 1.807) is 0 Å². The molecule has 0 radical (unpaired) electrons. The zero-order valence-corrected chi connectivity index (χ0v) is 14.7. The molecular formula is C20H25N3O2. The smallest absolute Gasteiger partial charge is 0.227 e. The van der Waals surface area contributed by atoms with Crippen molar-refractivity contribution in [2.75, 3.05) is 33.2 Å². The van der Waals surface area contributed by atoms with Crippen LogP contribution in [0.4, 0.5) is 0 Å². The molecule has 1 amide bonds. The van der Waals surface area contributed by atoms with E-state index in [2.05, 4.69) is 16.9 Å². The Morgan fingerprint density at radius 3 is 2.88 bits per heavy atom. The number of pyridine rings is 1. The predicted octanol–water partition coefficient (Wildman–Crippen LogP) is 2.56. The summed E-state index contributed by atoms with van der Waals surface area (Å²) in [6.45, 7) is 3.45. The van der Waals surface area contributed by atoms with E-state index in [9.17, 15) is 4.79 Å². The molecule has 0 saturated carbocycles.